The Kier molecular flexibility index (Phi) is 3.81. The van der Waals surface area contributed by atoms with Crippen molar-refractivity contribution in [2.45, 2.75) is 61.3 Å². The van der Waals surface area contributed by atoms with E-state index in [1.165, 1.54) is 12.8 Å². The van der Waals surface area contributed by atoms with Crippen molar-refractivity contribution in [3.05, 3.63) is 0 Å². The van der Waals surface area contributed by atoms with Gasteiger partial charge < -0.3 is 0 Å². The van der Waals surface area contributed by atoms with E-state index in [1.807, 2.05) is 0 Å². The second-order valence-electron chi connectivity index (χ2n) is 5.45. The quantitative estimate of drug-likeness (QED) is 0.585. The summed E-state index contributed by atoms with van der Waals surface area (Å²) in [6.45, 7) is 16.5. The Labute approximate surface area is 78.8 Å². The molecule has 1 unspecified atom stereocenters. The van der Waals surface area contributed by atoms with E-state index in [0.29, 0.717) is 10.8 Å². The summed E-state index contributed by atoms with van der Waals surface area (Å²) in [7, 11) is 0. The van der Waals surface area contributed by atoms with Crippen molar-refractivity contribution in [1.29, 1.82) is 0 Å². The van der Waals surface area contributed by atoms with Crippen LogP contribution in [0.1, 0.15) is 61.3 Å². The predicted octanol–water partition coefficient (Wildman–Crippen LogP) is 4.49. The highest BCUT2D eigenvalue weighted by atomic mass is 14.4. The van der Waals surface area contributed by atoms with Gasteiger partial charge in [0.15, 0.2) is 0 Å². The van der Waals surface area contributed by atoms with Crippen LogP contribution in [0.15, 0.2) is 0 Å². The SMILES string of the molecule is CCC(C)(CC)C(C)C(C)(C)C. The molecule has 0 amide bonds. The molecule has 12 heavy (non-hydrogen) atoms. The van der Waals surface area contributed by atoms with E-state index < -0.39 is 0 Å². The molecule has 0 aliphatic carbocycles. The first kappa shape index (κ1) is 12.0. The maximum Gasteiger partial charge on any atom is -0.0300 e. The van der Waals surface area contributed by atoms with Crippen molar-refractivity contribution < 1.29 is 0 Å². The molecule has 0 heterocycles. The van der Waals surface area contributed by atoms with Gasteiger partial charge in [-0.15, -0.1) is 0 Å². The lowest BCUT2D eigenvalue weighted by molar-refractivity contribution is 0.0782. The van der Waals surface area contributed by atoms with Gasteiger partial charge in [-0.2, -0.15) is 0 Å². The Morgan fingerprint density at radius 1 is 0.917 bits per heavy atom. The van der Waals surface area contributed by atoms with Crippen molar-refractivity contribution in [1.82, 2.24) is 0 Å². The molecule has 0 nitrogen and oxygen atoms in total. The topological polar surface area (TPSA) is 0 Å². The molecule has 0 saturated heterocycles. The highest BCUT2D eigenvalue weighted by Gasteiger charge is 2.34. The van der Waals surface area contributed by atoms with Crippen molar-refractivity contribution >= 4 is 0 Å². The molecule has 0 spiro atoms. The Hall–Kier alpha value is 0. The van der Waals surface area contributed by atoms with Gasteiger partial charge >= 0.3 is 0 Å². The molecule has 0 N–H and O–H groups in total. The molecule has 0 aliphatic rings. The predicted molar refractivity (Wildman–Crippen MR) is 57.3 cm³/mol. The van der Waals surface area contributed by atoms with Crippen LogP contribution in [-0.2, 0) is 0 Å². The van der Waals surface area contributed by atoms with Gasteiger partial charge in [0, 0.05) is 0 Å². The Morgan fingerprint density at radius 3 is 1.33 bits per heavy atom. The molecule has 0 radical (unpaired) electrons. The highest BCUT2D eigenvalue weighted by Crippen LogP contribution is 2.44. The van der Waals surface area contributed by atoms with Gasteiger partial charge in [-0.1, -0.05) is 61.3 Å². The standard InChI is InChI=1S/C12H26/c1-8-12(7,9-2)10(3)11(4,5)6/h10H,8-9H2,1-7H3. The van der Waals surface area contributed by atoms with Crippen LogP contribution in [0.3, 0.4) is 0 Å². The fourth-order valence-corrected chi connectivity index (χ4v) is 1.91. The Morgan fingerprint density at radius 2 is 1.25 bits per heavy atom. The number of hydrogen-bond donors (Lipinski definition) is 0. The highest BCUT2D eigenvalue weighted by molar-refractivity contribution is 4.84. The summed E-state index contributed by atoms with van der Waals surface area (Å²) in [4.78, 5) is 0. The molecule has 74 valence electrons. The van der Waals surface area contributed by atoms with Gasteiger partial charge in [-0.05, 0) is 16.7 Å². The summed E-state index contributed by atoms with van der Waals surface area (Å²) in [6, 6.07) is 0. The minimum atomic E-state index is 0.445. The third-order valence-corrected chi connectivity index (χ3v) is 3.96. The molecule has 0 rings (SSSR count). The number of hydrogen-bond acceptors (Lipinski definition) is 0. The van der Waals surface area contributed by atoms with E-state index in [9.17, 15) is 0 Å². The molecule has 0 heteroatoms. The smallest absolute Gasteiger partial charge is 0.0300 e. The monoisotopic (exact) mass is 170 g/mol. The minimum absolute atomic E-state index is 0.445. The normalized spacial score (nSPS) is 16.2. The van der Waals surface area contributed by atoms with E-state index >= 15 is 0 Å². The average Bonchev–Trinajstić information content (AvgIpc) is 2.00. The Bertz CT molecular complexity index is 123. The summed E-state index contributed by atoms with van der Waals surface area (Å²) < 4.78 is 0. The molecular formula is C12H26. The molecule has 0 aromatic rings. The molecule has 0 aromatic carbocycles. The van der Waals surface area contributed by atoms with Gasteiger partial charge in [0.2, 0.25) is 0 Å². The average molecular weight is 170 g/mol. The van der Waals surface area contributed by atoms with Crippen molar-refractivity contribution in [3.8, 4) is 0 Å². The molecule has 0 aliphatic heterocycles. The molecule has 0 saturated carbocycles. The van der Waals surface area contributed by atoms with E-state index in [2.05, 4.69) is 48.5 Å². The second kappa shape index (κ2) is 3.81. The van der Waals surface area contributed by atoms with Crippen LogP contribution in [0.4, 0.5) is 0 Å². The number of rotatable bonds is 3. The van der Waals surface area contributed by atoms with E-state index in [1.54, 1.807) is 0 Å². The van der Waals surface area contributed by atoms with Gasteiger partial charge in [-0.25, -0.2) is 0 Å². The Balaban J connectivity index is 4.53. The maximum atomic E-state index is 2.42. The fraction of sp³-hybridized carbons (Fsp3) is 1.00. The van der Waals surface area contributed by atoms with Crippen molar-refractivity contribution in [2.24, 2.45) is 16.7 Å². The van der Waals surface area contributed by atoms with Gasteiger partial charge in [0.25, 0.3) is 0 Å². The lowest BCUT2D eigenvalue weighted by atomic mass is 9.63. The van der Waals surface area contributed by atoms with Crippen LogP contribution in [-0.4, -0.2) is 0 Å². The summed E-state index contributed by atoms with van der Waals surface area (Å²) in [5.74, 6) is 0.792. The van der Waals surface area contributed by atoms with Crippen LogP contribution in [0.25, 0.3) is 0 Å². The summed E-state index contributed by atoms with van der Waals surface area (Å²) >= 11 is 0. The molecule has 0 bridgehead atoms. The van der Waals surface area contributed by atoms with Crippen molar-refractivity contribution in [2.75, 3.05) is 0 Å². The third-order valence-electron chi connectivity index (χ3n) is 3.96. The first-order chi connectivity index (χ1) is 5.28. The first-order valence-electron chi connectivity index (χ1n) is 5.28. The van der Waals surface area contributed by atoms with Gasteiger partial charge in [-0.3, -0.25) is 0 Å². The lowest BCUT2D eigenvalue weighted by Gasteiger charge is -2.42. The van der Waals surface area contributed by atoms with Gasteiger partial charge in [0.05, 0.1) is 0 Å². The van der Waals surface area contributed by atoms with Crippen LogP contribution in [0.2, 0.25) is 0 Å². The van der Waals surface area contributed by atoms with Crippen LogP contribution >= 0.6 is 0 Å². The van der Waals surface area contributed by atoms with E-state index in [4.69, 9.17) is 0 Å². The molecule has 0 fully saturated rings. The van der Waals surface area contributed by atoms with E-state index in [0.717, 1.165) is 5.92 Å². The van der Waals surface area contributed by atoms with Crippen LogP contribution in [0, 0.1) is 16.7 Å². The lowest BCUT2D eigenvalue weighted by Crippen LogP contribution is -2.33. The zero-order valence-corrected chi connectivity index (χ0v) is 9.99. The minimum Gasteiger partial charge on any atom is -0.0649 e. The first-order valence-corrected chi connectivity index (χ1v) is 5.28. The fourth-order valence-electron chi connectivity index (χ4n) is 1.91. The molecule has 1 atom stereocenters. The molecule has 0 aromatic heterocycles. The zero-order valence-electron chi connectivity index (χ0n) is 9.99. The summed E-state index contributed by atoms with van der Waals surface area (Å²) in [5, 5.41) is 0. The van der Waals surface area contributed by atoms with Crippen LogP contribution < -0.4 is 0 Å². The summed E-state index contributed by atoms with van der Waals surface area (Å²) in [6.07, 6.45) is 2.59. The van der Waals surface area contributed by atoms with Gasteiger partial charge in [0.1, 0.15) is 0 Å². The van der Waals surface area contributed by atoms with Crippen molar-refractivity contribution in [3.63, 3.8) is 0 Å². The summed E-state index contributed by atoms with van der Waals surface area (Å²) in [5.41, 5.74) is 0.971. The largest absolute Gasteiger partial charge is 0.0649 e. The third kappa shape index (κ3) is 2.50. The van der Waals surface area contributed by atoms with E-state index in [-0.39, 0.29) is 0 Å². The zero-order chi connectivity index (χ0) is 9.99. The maximum absolute atomic E-state index is 2.42. The second-order valence-corrected chi connectivity index (χ2v) is 5.45. The molecular weight excluding hydrogens is 144 g/mol. The van der Waals surface area contributed by atoms with Crippen LogP contribution in [0.5, 0.6) is 0 Å².